The van der Waals surface area contributed by atoms with Gasteiger partial charge in [-0.3, -0.25) is 9.59 Å². The first-order valence-corrected chi connectivity index (χ1v) is 12.1. The highest BCUT2D eigenvalue weighted by Gasteiger charge is 2.25. The summed E-state index contributed by atoms with van der Waals surface area (Å²) in [6.07, 6.45) is 8.49. The predicted molar refractivity (Wildman–Crippen MR) is 137 cm³/mol. The van der Waals surface area contributed by atoms with E-state index in [0.717, 1.165) is 32.4 Å². The van der Waals surface area contributed by atoms with Crippen molar-refractivity contribution in [3.05, 3.63) is 107 Å². The Hall–Kier alpha value is -3.93. The minimum Gasteiger partial charge on any atom is -0.504 e. The van der Waals surface area contributed by atoms with Gasteiger partial charge in [0.1, 0.15) is 11.5 Å². The van der Waals surface area contributed by atoms with E-state index in [9.17, 15) is 14.7 Å². The quantitative estimate of drug-likeness (QED) is 0.337. The van der Waals surface area contributed by atoms with Crippen LogP contribution in [0.15, 0.2) is 84.8 Å². The summed E-state index contributed by atoms with van der Waals surface area (Å²) in [5, 5.41) is 10.3. The number of aliphatic hydroxyl groups excluding tert-OH is 1. The number of rotatable bonds is 9. The Morgan fingerprint density at radius 2 is 1.60 bits per heavy atom. The molecule has 1 saturated heterocycles. The summed E-state index contributed by atoms with van der Waals surface area (Å²) >= 11 is 0. The predicted octanol–water partition coefficient (Wildman–Crippen LogP) is 5.39. The molecule has 2 aromatic carbocycles. The van der Waals surface area contributed by atoms with Gasteiger partial charge in [-0.15, -0.1) is 0 Å². The van der Waals surface area contributed by atoms with Crippen LogP contribution in [0.3, 0.4) is 0 Å². The molecule has 1 aromatic heterocycles. The Labute approximate surface area is 206 Å². The number of ketones is 1. The molecule has 4 rings (SSSR count). The van der Waals surface area contributed by atoms with E-state index >= 15 is 0 Å². The molecule has 1 aliphatic rings. The zero-order valence-corrected chi connectivity index (χ0v) is 20.0. The van der Waals surface area contributed by atoms with E-state index < -0.39 is 11.5 Å². The second-order valence-corrected chi connectivity index (χ2v) is 8.71. The first-order valence-electron chi connectivity index (χ1n) is 12.1. The highest BCUT2D eigenvalue weighted by atomic mass is 16.3. The van der Waals surface area contributed by atoms with Crippen molar-refractivity contribution in [1.82, 2.24) is 14.5 Å². The first kappa shape index (κ1) is 24.2. The summed E-state index contributed by atoms with van der Waals surface area (Å²) in [6, 6.07) is 20.6. The fraction of sp³-hybridized carbons (Fsp3) is 0.276. The number of aliphatic hydroxyl groups is 1. The average molecular weight is 470 g/mol. The average Bonchev–Trinajstić information content (AvgIpc) is 3.56. The second kappa shape index (κ2) is 11.5. The number of hydrogen-bond donors (Lipinski definition) is 1. The molecule has 2 heterocycles. The van der Waals surface area contributed by atoms with Gasteiger partial charge in [-0.05, 0) is 43.4 Å². The van der Waals surface area contributed by atoms with E-state index in [1.165, 1.54) is 23.3 Å². The van der Waals surface area contributed by atoms with Gasteiger partial charge in [-0.25, -0.2) is 4.98 Å². The molecule has 0 aliphatic carbocycles. The minimum atomic E-state index is -0.499. The molecule has 0 unspecified atom stereocenters. The number of likely N-dealkylation sites (tertiary alicyclic amines) is 1. The molecule has 0 atom stereocenters. The molecule has 1 N–H and O–H groups in total. The topological polar surface area (TPSA) is 75.4 Å². The van der Waals surface area contributed by atoms with Crippen LogP contribution in [0.25, 0.3) is 6.08 Å². The number of benzene rings is 2. The van der Waals surface area contributed by atoms with Crippen LogP contribution in [0.2, 0.25) is 0 Å². The van der Waals surface area contributed by atoms with Gasteiger partial charge in [-0.2, -0.15) is 0 Å². The summed E-state index contributed by atoms with van der Waals surface area (Å²) < 4.78 is 1.83. The minimum absolute atomic E-state index is 0.0649. The van der Waals surface area contributed by atoms with Gasteiger partial charge in [0.05, 0.1) is 6.20 Å². The van der Waals surface area contributed by atoms with Crippen LogP contribution in [0.1, 0.15) is 59.5 Å². The van der Waals surface area contributed by atoms with Crippen LogP contribution in [-0.4, -0.2) is 44.3 Å². The second-order valence-electron chi connectivity index (χ2n) is 8.71. The maximum Gasteiger partial charge on any atom is 0.272 e. The third-order valence-corrected chi connectivity index (χ3v) is 6.38. The lowest BCUT2D eigenvalue weighted by Crippen LogP contribution is -2.30. The van der Waals surface area contributed by atoms with E-state index in [0.29, 0.717) is 18.1 Å². The molecular weight excluding hydrogens is 438 g/mol. The number of aromatic nitrogens is 2. The molecule has 3 aromatic rings. The smallest absolute Gasteiger partial charge is 0.272 e. The molecule has 6 heteroatoms. The van der Waals surface area contributed by atoms with E-state index in [-0.39, 0.29) is 11.8 Å². The van der Waals surface area contributed by atoms with Crippen LogP contribution in [0, 0.1) is 0 Å². The Morgan fingerprint density at radius 3 is 2.17 bits per heavy atom. The van der Waals surface area contributed by atoms with Crippen molar-refractivity contribution < 1.29 is 14.7 Å². The van der Waals surface area contributed by atoms with E-state index in [1.54, 1.807) is 19.2 Å². The van der Waals surface area contributed by atoms with Gasteiger partial charge in [0, 0.05) is 31.6 Å². The molecule has 1 amide bonds. The van der Waals surface area contributed by atoms with Gasteiger partial charge in [0.2, 0.25) is 5.78 Å². The number of hydrogen-bond acceptors (Lipinski definition) is 4. The maximum atomic E-state index is 13.3. The number of nitrogens with zero attached hydrogens (tertiary/aromatic N) is 3. The van der Waals surface area contributed by atoms with Crippen molar-refractivity contribution in [2.45, 2.75) is 38.6 Å². The summed E-state index contributed by atoms with van der Waals surface area (Å²) in [6.45, 7) is 3.68. The summed E-state index contributed by atoms with van der Waals surface area (Å²) in [7, 11) is 0. The lowest BCUT2D eigenvalue weighted by molar-refractivity contribution is -0.113. The molecule has 0 spiro atoms. The first-order chi connectivity index (χ1) is 17.1. The Balaban J connectivity index is 1.69. The Morgan fingerprint density at radius 1 is 1.00 bits per heavy atom. The van der Waals surface area contributed by atoms with Crippen LogP contribution >= 0.6 is 0 Å². The molecule has 0 radical (unpaired) electrons. The molecule has 35 heavy (non-hydrogen) atoms. The third-order valence-electron chi connectivity index (χ3n) is 6.38. The van der Waals surface area contributed by atoms with Crippen LogP contribution < -0.4 is 0 Å². The SMILES string of the molecule is C/C=C\C(=O)/C(O)=C/c1ncc(C(=O)N2CCCC2)n1CCC(c1ccccc1)c1ccccc1. The van der Waals surface area contributed by atoms with Crippen molar-refractivity contribution in [2.75, 3.05) is 13.1 Å². The van der Waals surface area contributed by atoms with Gasteiger partial charge in [0.25, 0.3) is 5.91 Å². The standard InChI is InChI=1S/C29H31N3O3/c1-2-11-26(33)27(34)20-28-30-21-25(29(35)31-17-9-10-18-31)32(28)19-16-24(22-12-5-3-6-13-22)23-14-7-4-8-15-23/h2-8,11-15,20-21,24,34H,9-10,16-19H2,1H3/b11-2-,27-20-. The molecular formula is C29H31N3O3. The van der Waals surface area contributed by atoms with Gasteiger partial charge < -0.3 is 14.6 Å². The summed E-state index contributed by atoms with van der Waals surface area (Å²) in [4.78, 5) is 31.7. The molecule has 0 saturated carbocycles. The largest absolute Gasteiger partial charge is 0.504 e. The van der Waals surface area contributed by atoms with Crippen LogP contribution in [0.4, 0.5) is 0 Å². The van der Waals surface area contributed by atoms with Gasteiger partial charge in [-0.1, -0.05) is 66.7 Å². The lowest BCUT2D eigenvalue weighted by Gasteiger charge is -2.21. The highest BCUT2D eigenvalue weighted by Crippen LogP contribution is 2.29. The monoisotopic (exact) mass is 469 g/mol. The molecule has 1 fully saturated rings. The zero-order valence-electron chi connectivity index (χ0n) is 20.0. The third kappa shape index (κ3) is 5.77. The molecule has 0 bridgehead atoms. The number of allylic oxidation sites excluding steroid dienone is 2. The van der Waals surface area contributed by atoms with Gasteiger partial charge in [0.15, 0.2) is 5.76 Å². The number of amides is 1. The molecule has 6 nitrogen and oxygen atoms in total. The Bertz CT molecular complexity index is 1170. The van der Waals surface area contributed by atoms with E-state index in [1.807, 2.05) is 45.9 Å². The van der Waals surface area contributed by atoms with E-state index in [4.69, 9.17) is 0 Å². The van der Waals surface area contributed by atoms with Gasteiger partial charge >= 0.3 is 0 Å². The van der Waals surface area contributed by atoms with Crippen molar-refractivity contribution >= 4 is 17.8 Å². The van der Waals surface area contributed by atoms with Crippen molar-refractivity contribution in [3.63, 3.8) is 0 Å². The Kier molecular flexibility index (Phi) is 7.93. The maximum absolute atomic E-state index is 13.3. The molecule has 180 valence electrons. The summed E-state index contributed by atoms with van der Waals surface area (Å²) in [5.41, 5.74) is 2.85. The fourth-order valence-electron chi connectivity index (χ4n) is 4.58. The van der Waals surface area contributed by atoms with Crippen LogP contribution in [0.5, 0.6) is 0 Å². The number of imidazole rings is 1. The summed E-state index contributed by atoms with van der Waals surface area (Å²) in [5.74, 6) is -0.462. The van der Waals surface area contributed by atoms with Crippen molar-refractivity contribution in [2.24, 2.45) is 0 Å². The van der Waals surface area contributed by atoms with E-state index in [2.05, 4.69) is 29.2 Å². The lowest BCUT2D eigenvalue weighted by atomic mass is 9.88. The zero-order chi connectivity index (χ0) is 24.6. The number of carbonyl (C=O) groups is 2. The van der Waals surface area contributed by atoms with Crippen LogP contribution in [-0.2, 0) is 11.3 Å². The highest BCUT2D eigenvalue weighted by molar-refractivity contribution is 6.04. The van der Waals surface area contributed by atoms with Crippen molar-refractivity contribution in [1.29, 1.82) is 0 Å². The fourth-order valence-corrected chi connectivity index (χ4v) is 4.58. The van der Waals surface area contributed by atoms with Crippen molar-refractivity contribution in [3.8, 4) is 0 Å². The normalized spacial score (nSPS) is 14.2. The number of carbonyl (C=O) groups excluding carboxylic acids is 2. The molecule has 1 aliphatic heterocycles.